The molecule has 232 valence electrons. The van der Waals surface area contributed by atoms with Crippen molar-refractivity contribution in [3.63, 3.8) is 0 Å². The molecule has 44 heavy (non-hydrogen) atoms. The Bertz CT molecular complexity index is 1610. The molecule has 2 aliphatic rings. The van der Waals surface area contributed by atoms with Crippen molar-refractivity contribution in [3.8, 4) is 28.3 Å². The van der Waals surface area contributed by atoms with Gasteiger partial charge in [0.2, 0.25) is 0 Å². The first-order valence-electron chi connectivity index (χ1n) is 14.0. The fraction of sp³-hybridized carbons (Fsp3) is 0.400. The number of piperidine rings is 1. The number of aromatic nitrogens is 3. The number of carbonyl (C=O) groups is 1. The number of alkyl halides is 4. The maximum absolute atomic E-state index is 13.1. The van der Waals surface area contributed by atoms with Crippen molar-refractivity contribution in [3.05, 3.63) is 65.0 Å². The van der Waals surface area contributed by atoms with Gasteiger partial charge in [-0.1, -0.05) is 39.9 Å². The number of carbonyl (C=O) groups excluding carboxylic acids is 1. The molecule has 3 aromatic heterocycles. The summed E-state index contributed by atoms with van der Waals surface area (Å²) in [6.45, 7) is 2.29. The molecule has 4 heterocycles. The van der Waals surface area contributed by atoms with Crippen LogP contribution in [-0.4, -0.2) is 50.8 Å². The minimum absolute atomic E-state index is 0.0888. The topological polar surface area (TPSA) is 99.8 Å². The van der Waals surface area contributed by atoms with Crippen molar-refractivity contribution >= 4 is 45.0 Å². The smallest absolute Gasteiger partial charge is 0.464 e. The normalized spacial score (nSPS) is 20.5. The van der Waals surface area contributed by atoms with Gasteiger partial charge in [0.05, 0.1) is 29.6 Å². The summed E-state index contributed by atoms with van der Waals surface area (Å²) in [5.74, 6) is 0.0352. The van der Waals surface area contributed by atoms with Gasteiger partial charge in [-0.25, -0.2) is 14.8 Å². The summed E-state index contributed by atoms with van der Waals surface area (Å²) >= 11 is 3.94. The number of ether oxygens (including phenoxy) is 3. The van der Waals surface area contributed by atoms with Crippen LogP contribution >= 0.6 is 33.9 Å². The molecule has 6 rings (SSSR count). The number of pyridine rings is 1. The summed E-state index contributed by atoms with van der Waals surface area (Å²) in [7, 11) is 1.31. The minimum Gasteiger partial charge on any atom is -0.464 e. The van der Waals surface area contributed by atoms with Crippen molar-refractivity contribution < 1.29 is 36.7 Å². The fourth-order valence-corrected chi connectivity index (χ4v) is 7.90. The standard InChI is InChI=1S/C30H28F3IN4O5S/c1-16-11-19(12-25(34)38(16)29-36-23(15-44-29)18-9-10-22(35-13-18)28(39)40-2)41-14-21-26(37-43-27(21)17-7-8-17)20-5-3-4-6-24(20)42-30(31,32)33/h3-6,9-10,13,15-17,19,25H,7-8,11-12,14H2,1-2H3/t16-,19+,25-/m1/s1. The number of rotatable bonds is 9. The molecule has 2 fully saturated rings. The molecule has 4 aromatic rings. The van der Waals surface area contributed by atoms with Gasteiger partial charge < -0.3 is 23.6 Å². The van der Waals surface area contributed by atoms with Crippen LogP contribution < -0.4 is 9.64 Å². The zero-order valence-corrected chi connectivity index (χ0v) is 26.7. The first kappa shape index (κ1) is 30.8. The molecular weight excluding hydrogens is 712 g/mol. The molecule has 0 amide bonds. The Morgan fingerprint density at radius 1 is 1.18 bits per heavy atom. The Morgan fingerprint density at radius 3 is 2.66 bits per heavy atom. The molecule has 1 aliphatic heterocycles. The number of hydrogen-bond donors (Lipinski definition) is 0. The Labute approximate surface area is 268 Å². The SMILES string of the molecule is COC(=O)c1ccc(-c2csc(N3[C@H](C)C[C@H](OCc4c(-c5ccccc5OC(F)(F)F)noc4C4CC4)C[C@@H]3I)n2)cn1. The Hall–Kier alpha value is -3.24. The molecule has 1 aromatic carbocycles. The molecule has 0 bridgehead atoms. The van der Waals surface area contributed by atoms with E-state index in [1.54, 1.807) is 41.8 Å². The second kappa shape index (κ2) is 12.6. The molecule has 0 unspecified atom stereocenters. The van der Waals surface area contributed by atoms with E-state index in [4.69, 9.17) is 19.0 Å². The molecule has 14 heteroatoms. The number of esters is 1. The third kappa shape index (κ3) is 6.71. The lowest BCUT2D eigenvalue weighted by molar-refractivity contribution is -0.274. The van der Waals surface area contributed by atoms with Crippen LogP contribution in [0.25, 0.3) is 22.5 Å². The molecule has 1 saturated heterocycles. The highest BCUT2D eigenvalue weighted by molar-refractivity contribution is 14.1. The van der Waals surface area contributed by atoms with Gasteiger partial charge in [-0.05, 0) is 50.5 Å². The van der Waals surface area contributed by atoms with E-state index in [0.29, 0.717) is 17.0 Å². The van der Waals surface area contributed by atoms with Gasteiger partial charge in [-0.2, -0.15) is 0 Å². The van der Waals surface area contributed by atoms with Crippen LogP contribution in [0.5, 0.6) is 5.75 Å². The highest BCUT2D eigenvalue weighted by atomic mass is 127. The Morgan fingerprint density at radius 2 is 1.98 bits per heavy atom. The summed E-state index contributed by atoms with van der Waals surface area (Å²) < 4.78 is 60.6. The molecule has 0 radical (unpaired) electrons. The summed E-state index contributed by atoms with van der Waals surface area (Å²) in [5.41, 5.74) is 2.99. The van der Waals surface area contributed by atoms with Gasteiger partial charge in [-0.15, -0.1) is 24.5 Å². The summed E-state index contributed by atoms with van der Waals surface area (Å²) in [4.78, 5) is 23.0. The summed E-state index contributed by atoms with van der Waals surface area (Å²) in [6, 6.07) is 9.48. The molecule has 0 N–H and O–H groups in total. The Balaban J connectivity index is 1.15. The average molecular weight is 741 g/mol. The van der Waals surface area contributed by atoms with E-state index in [9.17, 15) is 18.0 Å². The van der Waals surface area contributed by atoms with Crippen molar-refractivity contribution in [1.29, 1.82) is 0 Å². The highest BCUT2D eigenvalue weighted by Gasteiger charge is 2.38. The van der Waals surface area contributed by atoms with Crippen molar-refractivity contribution in [2.75, 3.05) is 12.0 Å². The van der Waals surface area contributed by atoms with Gasteiger partial charge in [0.1, 0.15) is 22.9 Å². The van der Waals surface area contributed by atoms with E-state index in [1.807, 2.05) is 5.38 Å². The fourth-order valence-electron chi connectivity index (χ4n) is 5.34. The average Bonchev–Trinajstić information content (AvgIpc) is 3.57. The highest BCUT2D eigenvalue weighted by Crippen LogP contribution is 2.46. The quantitative estimate of drug-likeness (QED) is 0.0738. The van der Waals surface area contributed by atoms with Crippen LogP contribution in [-0.2, 0) is 16.1 Å². The molecular formula is C30H28F3IN4O5S. The van der Waals surface area contributed by atoms with E-state index >= 15 is 0 Å². The van der Waals surface area contributed by atoms with Gasteiger partial charge in [0.25, 0.3) is 0 Å². The first-order valence-corrected chi connectivity index (χ1v) is 16.1. The van der Waals surface area contributed by atoms with Crippen LogP contribution in [0.4, 0.5) is 18.3 Å². The lowest BCUT2D eigenvalue weighted by Gasteiger charge is -2.41. The second-order valence-electron chi connectivity index (χ2n) is 10.7. The van der Waals surface area contributed by atoms with E-state index in [1.165, 1.54) is 19.2 Å². The minimum atomic E-state index is -4.83. The predicted molar refractivity (Wildman–Crippen MR) is 165 cm³/mol. The van der Waals surface area contributed by atoms with Gasteiger partial charge >= 0.3 is 12.3 Å². The largest absolute Gasteiger partial charge is 0.573 e. The van der Waals surface area contributed by atoms with E-state index in [0.717, 1.165) is 42.1 Å². The van der Waals surface area contributed by atoms with Gasteiger partial charge in [0.15, 0.2) is 5.13 Å². The molecule has 3 atom stereocenters. The summed E-state index contributed by atoms with van der Waals surface area (Å²) in [5, 5.41) is 7.03. The lowest BCUT2D eigenvalue weighted by atomic mass is 10.0. The Kier molecular flexibility index (Phi) is 8.84. The van der Waals surface area contributed by atoms with Crippen LogP contribution in [0.3, 0.4) is 0 Å². The van der Waals surface area contributed by atoms with Crippen LogP contribution in [0.2, 0.25) is 0 Å². The number of halogens is 4. The van der Waals surface area contributed by atoms with Crippen LogP contribution in [0.15, 0.2) is 52.5 Å². The maximum atomic E-state index is 13.1. The molecule has 9 nitrogen and oxygen atoms in total. The van der Waals surface area contributed by atoms with Crippen molar-refractivity contribution in [2.45, 2.75) is 67.7 Å². The molecule has 0 spiro atoms. The van der Waals surface area contributed by atoms with Crippen LogP contribution in [0.1, 0.15) is 60.3 Å². The molecule has 1 aliphatic carbocycles. The van der Waals surface area contributed by atoms with Crippen LogP contribution in [0, 0.1) is 0 Å². The number of nitrogens with zero attached hydrogens (tertiary/aromatic N) is 4. The third-order valence-corrected chi connectivity index (χ3v) is 9.57. The first-order chi connectivity index (χ1) is 21.1. The second-order valence-corrected chi connectivity index (χ2v) is 13.0. The van der Waals surface area contributed by atoms with E-state index in [-0.39, 0.29) is 45.7 Å². The zero-order valence-electron chi connectivity index (χ0n) is 23.7. The number of thiazole rings is 1. The lowest BCUT2D eigenvalue weighted by Crippen LogP contribution is -2.47. The maximum Gasteiger partial charge on any atom is 0.573 e. The number of hydrogen-bond acceptors (Lipinski definition) is 10. The van der Waals surface area contributed by atoms with E-state index < -0.39 is 12.3 Å². The predicted octanol–water partition coefficient (Wildman–Crippen LogP) is 7.76. The van der Waals surface area contributed by atoms with Gasteiger partial charge in [0, 0.05) is 46.6 Å². The van der Waals surface area contributed by atoms with E-state index in [2.05, 4.69) is 49.3 Å². The third-order valence-electron chi connectivity index (χ3n) is 7.60. The van der Waals surface area contributed by atoms with Gasteiger partial charge in [-0.3, -0.25) is 0 Å². The number of anilines is 1. The zero-order chi connectivity index (χ0) is 31.0. The van der Waals surface area contributed by atoms with Crippen molar-refractivity contribution in [2.24, 2.45) is 0 Å². The summed E-state index contributed by atoms with van der Waals surface area (Å²) in [6.07, 6.45) is 0.0234. The number of para-hydroxylation sites is 1. The number of methoxy groups -OCH3 is 1. The monoisotopic (exact) mass is 740 g/mol. The molecule has 1 saturated carbocycles. The number of benzene rings is 1. The van der Waals surface area contributed by atoms with Crippen molar-refractivity contribution in [1.82, 2.24) is 15.1 Å².